The van der Waals surface area contributed by atoms with Crippen LogP contribution in [0.1, 0.15) is 49.2 Å². The summed E-state index contributed by atoms with van der Waals surface area (Å²) in [5.74, 6) is -0.567. The van der Waals surface area contributed by atoms with Gasteiger partial charge in [-0.3, -0.25) is 14.4 Å². The van der Waals surface area contributed by atoms with Crippen molar-refractivity contribution in [2.75, 3.05) is 32.7 Å². The van der Waals surface area contributed by atoms with Gasteiger partial charge in [-0.1, -0.05) is 61.7 Å². The number of rotatable bonds is 8. The van der Waals surface area contributed by atoms with E-state index in [4.69, 9.17) is 23.2 Å². The predicted molar refractivity (Wildman–Crippen MR) is 174 cm³/mol. The Balaban J connectivity index is 1.24. The van der Waals surface area contributed by atoms with Gasteiger partial charge in [-0.25, -0.2) is 8.42 Å². The smallest absolute Gasteiger partial charge is 0.262 e. The Morgan fingerprint density at radius 2 is 1.66 bits per heavy atom. The largest absolute Gasteiger partial charge is 0.340 e. The van der Waals surface area contributed by atoms with Gasteiger partial charge in [-0.15, -0.1) is 11.3 Å². The van der Waals surface area contributed by atoms with Crippen LogP contribution in [0.3, 0.4) is 0 Å². The number of benzene rings is 2. The Labute approximate surface area is 272 Å². The molecule has 1 unspecified atom stereocenters. The number of halogens is 2. The van der Waals surface area contributed by atoms with Gasteiger partial charge in [0, 0.05) is 42.4 Å². The number of piperazine rings is 1. The number of amides is 3. The van der Waals surface area contributed by atoms with Crippen molar-refractivity contribution in [1.82, 2.24) is 19.4 Å². The van der Waals surface area contributed by atoms with Crippen molar-refractivity contribution < 1.29 is 22.8 Å². The molecule has 236 valence electrons. The Kier molecular flexibility index (Phi) is 10.2. The third kappa shape index (κ3) is 7.07. The normalized spacial score (nSPS) is 18.9. The van der Waals surface area contributed by atoms with E-state index in [2.05, 4.69) is 5.32 Å². The molecule has 2 atom stereocenters. The van der Waals surface area contributed by atoms with Crippen LogP contribution in [0.4, 0.5) is 0 Å². The molecular formula is C31H36Cl2N4O5S2. The number of hydrogen-bond acceptors (Lipinski definition) is 6. The van der Waals surface area contributed by atoms with Gasteiger partial charge in [0.1, 0.15) is 17.0 Å². The standard InChI is InChI=1S/C31H36Cl2N4O5S2/c1-20(2)17-24(34-29(38)27-18-21-7-3-4-9-26(21)43-27)30(39)35-13-15-36(16-14-35)31(40)25-8-5-6-12-37(25)44(41,42)28-11-10-22(32)19-23(28)33/h3-4,7,9-11,18-20,24-25H,5-6,8,12-17H2,1-2H3,(H,34,38)/t24?,25-/m1/s1. The van der Waals surface area contributed by atoms with E-state index in [9.17, 15) is 22.8 Å². The van der Waals surface area contributed by atoms with Gasteiger partial charge in [0.25, 0.3) is 5.91 Å². The lowest BCUT2D eigenvalue weighted by atomic mass is 10.0. The average molecular weight is 680 g/mol. The van der Waals surface area contributed by atoms with Crippen molar-refractivity contribution >= 4 is 72.4 Å². The molecule has 1 aromatic heterocycles. The lowest BCUT2D eigenvalue weighted by Crippen LogP contribution is -2.59. The van der Waals surface area contributed by atoms with Gasteiger partial charge >= 0.3 is 0 Å². The van der Waals surface area contributed by atoms with Gasteiger partial charge in [0.05, 0.1) is 9.90 Å². The summed E-state index contributed by atoms with van der Waals surface area (Å²) in [4.78, 5) is 44.3. The molecule has 44 heavy (non-hydrogen) atoms. The fourth-order valence-electron chi connectivity index (χ4n) is 5.84. The highest BCUT2D eigenvalue weighted by Crippen LogP contribution is 2.32. The third-order valence-corrected chi connectivity index (χ3v) is 11.8. The van der Waals surface area contributed by atoms with E-state index in [1.807, 2.05) is 44.2 Å². The molecule has 0 spiro atoms. The van der Waals surface area contributed by atoms with Crippen LogP contribution in [0, 0.1) is 5.92 Å². The van der Waals surface area contributed by atoms with E-state index in [0.717, 1.165) is 16.5 Å². The Morgan fingerprint density at radius 1 is 0.955 bits per heavy atom. The molecule has 13 heteroatoms. The highest BCUT2D eigenvalue weighted by atomic mass is 35.5. The summed E-state index contributed by atoms with van der Waals surface area (Å²) in [6, 6.07) is 12.3. The van der Waals surface area contributed by atoms with Crippen molar-refractivity contribution in [2.24, 2.45) is 5.92 Å². The molecule has 0 radical (unpaired) electrons. The number of piperidine rings is 1. The predicted octanol–water partition coefficient (Wildman–Crippen LogP) is 5.27. The molecule has 0 bridgehead atoms. The highest BCUT2D eigenvalue weighted by Gasteiger charge is 2.41. The zero-order valence-corrected chi connectivity index (χ0v) is 27.8. The summed E-state index contributed by atoms with van der Waals surface area (Å²) in [7, 11) is -4.04. The van der Waals surface area contributed by atoms with Crippen molar-refractivity contribution in [1.29, 1.82) is 0 Å². The van der Waals surface area contributed by atoms with E-state index in [0.29, 0.717) is 42.3 Å². The maximum atomic E-state index is 13.7. The van der Waals surface area contributed by atoms with E-state index in [1.54, 1.807) is 9.80 Å². The highest BCUT2D eigenvalue weighted by molar-refractivity contribution is 7.89. The van der Waals surface area contributed by atoms with Crippen molar-refractivity contribution in [2.45, 2.75) is 56.5 Å². The lowest BCUT2D eigenvalue weighted by Gasteiger charge is -2.41. The minimum Gasteiger partial charge on any atom is -0.340 e. The summed E-state index contributed by atoms with van der Waals surface area (Å²) >= 11 is 13.6. The fourth-order valence-corrected chi connectivity index (χ4v) is 9.21. The summed E-state index contributed by atoms with van der Waals surface area (Å²) in [6.45, 7) is 5.35. The number of carbonyl (C=O) groups is 3. The molecule has 2 aliphatic rings. The number of thiophene rings is 1. The molecular weight excluding hydrogens is 643 g/mol. The van der Waals surface area contributed by atoms with Crippen molar-refractivity contribution in [3.8, 4) is 0 Å². The van der Waals surface area contributed by atoms with Crippen molar-refractivity contribution in [3.05, 3.63) is 63.5 Å². The topological polar surface area (TPSA) is 107 Å². The zero-order valence-electron chi connectivity index (χ0n) is 24.7. The Morgan fingerprint density at radius 3 is 2.34 bits per heavy atom. The van der Waals surface area contributed by atoms with E-state index >= 15 is 0 Å². The summed E-state index contributed by atoms with van der Waals surface area (Å²) in [5, 5.41) is 4.28. The zero-order chi connectivity index (χ0) is 31.6. The van der Waals surface area contributed by atoms with Crippen LogP contribution >= 0.6 is 34.5 Å². The second-order valence-corrected chi connectivity index (χ2v) is 15.4. The van der Waals surface area contributed by atoms with Crippen LogP contribution in [0.15, 0.2) is 53.4 Å². The summed E-state index contributed by atoms with van der Waals surface area (Å²) < 4.78 is 29.5. The second-order valence-electron chi connectivity index (χ2n) is 11.7. The number of sulfonamides is 1. The maximum Gasteiger partial charge on any atom is 0.262 e. The molecule has 1 N–H and O–H groups in total. The van der Waals surface area contributed by atoms with E-state index in [1.165, 1.54) is 33.8 Å². The second kappa shape index (κ2) is 13.7. The first kappa shape index (κ1) is 32.7. The number of nitrogens with one attached hydrogen (secondary N) is 1. The Bertz CT molecular complexity index is 1620. The monoisotopic (exact) mass is 678 g/mol. The summed E-state index contributed by atoms with van der Waals surface area (Å²) in [6.07, 6.45) is 2.26. The molecule has 2 aromatic carbocycles. The third-order valence-electron chi connectivity index (χ3n) is 8.08. The number of fused-ring (bicyclic) bond motifs is 1. The molecule has 5 rings (SSSR count). The van der Waals surface area contributed by atoms with Crippen LogP contribution in [0.5, 0.6) is 0 Å². The average Bonchev–Trinajstić information content (AvgIpc) is 3.44. The van der Waals surface area contributed by atoms with Crippen molar-refractivity contribution in [3.63, 3.8) is 0 Å². The van der Waals surface area contributed by atoms with Crippen LogP contribution in [0.2, 0.25) is 10.0 Å². The van der Waals surface area contributed by atoms with Gasteiger partial charge in [-0.05, 0) is 60.9 Å². The number of nitrogens with zero attached hydrogens (tertiary/aromatic N) is 3. The van der Waals surface area contributed by atoms with Gasteiger partial charge in [0.2, 0.25) is 21.8 Å². The first-order valence-electron chi connectivity index (χ1n) is 14.8. The van der Waals surface area contributed by atoms with Crippen LogP contribution in [-0.4, -0.2) is 85.1 Å². The first-order chi connectivity index (χ1) is 21.0. The molecule has 3 aromatic rings. The number of carbonyl (C=O) groups excluding carboxylic acids is 3. The van der Waals surface area contributed by atoms with E-state index in [-0.39, 0.29) is 53.2 Å². The maximum absolute atomic E-state index is 13.7. The molecule has 0 saturated carbocycles. The molecule has 2 fully saturated rings. The minimum absolute atomic E-state index is 0.0109. The van der Waals surface area contributed by atoms with Crippen LogP contribution < -0.4 is 5.32 Å². The SMILES string of the molecule is CC(C)CC(NC(=O)c1cc2ccccc2s1)C(=O)N1CCN(C(=O)[C@H]2CCCCN2S(=O)(=O)c2ccc(Cl)cc2Cl)CC1. The lowest BCUT2D eigenvalue weighted by molar-refractivity contribution is -0.143. The molecule has 0 aliphatic carbocycles. The number of hydrogen-bond donors (Lipinski definition) is 1. The molecule has 2 saturated heterocycles. The molecule has 3 amide bonds. The van der Waals surface area contributed by atoms with Gasteiger partial charge in [-0.2, -0.15) is 4.31 Å². The van der Waals surface area contributed by atoms with Gasteiger partial charge in [0.15, 0.2) is 0 Å². The van der Waals surface area contributed by atoms with Gasteiger partial charge < -0.3 is 15.1 Å². The first-order valence-corrected chi connectivity index (χ1v) is 17.8. The minimum atomic E-state index is -4.04. The van der Waals surface area contributed by atoms with E-state index < -0.39 is 22.1 Å². The van der Waals surface area contributed by atoms with Crippen LogP contribution in [-0.2, 0) is 19.6 Å². The summed E-state index contributed by atoms with van der Waals surface area (Å²) in [5.41, 5.74) is 0. The Hall–Kier alpha value is -2.70. The quantitative estimate of drug-likeness (QED) is 0.350. The fraction of sp³-hybridized carbons (Fsp3) is 0.452. The molecule has 9 nitrogen and oxygen atoms in total. The molecule has 2 aliphatic heterocycles. The van der Waals surface area contributed by atoms with Crippen LogP contribution in [0.25, 0.3) is 10.1 Å². The molecule has 3 heterocycles.